The number of fused-ring (bicyclic) bond motifs is 1. The molecule has 1 amide bonds. The standard InChI is InChI=1S/C10H13ClN2O2S/c11-9-4-6-7(13-15-5-10(12)14)2-1-3-8(6)16-9/h4,7,13H,1-3,5H2,(H2,12,14). The van der Waals surface area contributed by atoms with E-state index in [0.717, 1.165) is 23.6 Å². The first-order chi connectivity index (χ1) is 7.66. The Bertz CT molecular complexity index is 394. The fourth-order valence-electron chi connectivity index (χ4n) is 1.86. The third-order valence-electron chi connectivity index (χ3n) is 2.52. The summed E-state index contributed by atoms with van der Waals surface area (Å²) in [6.07, 6.45) is 3.15. The summed E-state index contributed by atoms with van der Waals surface area (Å²) in [6.45, 7) is -0.107. The monoisotopic (exact) mass is 260 g/mol. The van der Waals surface area contributed by atoms with E-state index in [0.29, 0.717) is 0 Å². The second kappa shape index (κ2) is 5.14. The lowest BCUT2D eigenvalue weighted by Gasteiger charge is -2.22. The first kappa shape index (κ1) is 11.9. The smallest absolute Gasteiger partial charge is 0.245 e. The van der Waals surface area contributed by atoms with Gasteiger partial charge in [0.1, 0.15) is 6.61 Å². The molecule has 1 aliphatic rings. The van der Waals surface area contributed by atoms with E-state index in [9.17, 15) is 4.79 Å². The highest BCUT2D eigenvalue weighted by Gasteiger charge is 2.22. The average molecular weight is 261 g/mol. The Hall–Kier alpha value is -0.620. The van der Waals surface area contributed by atoms with E-state index in [1.807, 2.05) is 6.07 Å². The molecule has 1 atom stereocenters. The quantitative estimate of drug-likeness (QED) is 0.812. The molecule has 88 valence electrons. The molecule has 0 bridgehead atoms. The highest BCUT2D eigenvalue weighted by Crippen LogP contribution is 2.37. The van der Waals surface area contributed by atoms with Crippen molar-refractivity contribution in [3.05, 3.63) is 20.8 Å². The second-order valence-corrected chi connectivity index (χ2v) is 5.51. The van der Waals surface area contributed by atoms with Gasteiger partial charge in [0.15, 0.2) is 0 Å². The fourth-order valence-corrected chi connectivity index (χ4v) is 3.24. The number of primary amides is 1. The number of thiophene rings is 1. The van der Waals surface area contributed by atoms with Crippen molar-refractivity contribution < 1.29 is 9.63 Å². The molecule has 2 rings (SSSR count). The summed E-state index contributed by atoms with van der Waals surface area (Å²) in [5, 5.41) is 0. The molecule has 0 fully saturated rings. The van der Waals surface area contributed by atoms with Gasteiger partial charge in [0.25, 0.3) is 0 Å². The molecular formula is C10H13ClN2O2S. The van der Waals surface area contributed by atoms with Crippen molar-refractivity contribution in [3.8, 4) is 0 Å². The van der Waals surface area contributed by atoms with Gasteiger partial charge in [0.2, 0.25) is 5.91 Å². The van der Waals surface area contributed by atoms with Crippen LogP contribution >= 0.6 is 22.9 Å². The Balaban J connectivity index is 1.98. The minimum absolute atomic E-state index is 0.107. The molecule has 6 heteroatoms. The number of halogens is 1. The number of amides is 1. The van der Waals surface area contributed by atoms with Crippen molar-refractivity contribution in [2.24, 2.45) is 5.73 Å². The molecule has 1 aromatic rings. The third-order valence-corrected chi connectivity index (χ3v) is 3.86. The Morgan fingerprint density at radius 2 is 2.56 bits per heavy atom. The molecule has 4 nitrogen and oxygen atoms in total. The van der Waals surface area contributed by atoms with Gasteiger partial charge >= 0.3 is 0 Å². The largest absolute Gasteiger partial charge is 0.368 e. The summed E-state index contributed by atoms with van der Waals surface area (Å²) in [4.78, 5) is 16.9. The summed E-state index contributed by atoms with van der Waals surface area (Å²) in [6, 6.07) is 2.08. The fraction of sp³-hybridized carbons (Fsp3) is 0.500. The Morgan fingerprint density at radius 1 is 1.75 bits per heavy atom. The highest BCUT2D eigenvalue weighted by molar-refractivity contribution is 7.16. The van der Waals surface area contributed by atoms with Crippen LogP contribution in [0.15, 0.2) is 6.07 Å². The molecule has 0 saturated carbocycles. The number of carbonyl (C=O) groups is 1. The van der Waals surface area contributed by atoms with Gasteiger partial charge < -0.3 is 5.73 Å². The Morgan fingerprint density at radius 3 is 3.31 bits per heavy atom. The van der Waals surface area contributed by atoms with Gasteiger partial charge in [-0.1, -0.05) is 11.6 Å². The first-order valence-corrected chi connectivity index (χ1v) is 6.30. The molecule has 3 N–H and O–H groups in total. The lowest BCUT2D eigenvalue weighted by molar-refractivity contribution is -0.126. The van der Waals surface area contributed by atoms with Gasteiger partial charge in [-0.3, -0.25) is 9.63 Å². The molecular weight excluding hydrogens is 248 g/mol. The maximum atomic E-state index is 10.5. The number of nitrogens with one attached hydrogen (secondary N) is 1. The van der Waals surface area contributed by atoms with Gasteiger partial charge in [-0.15, -0.1) is 11.3 Å². The van der Waals surface area contributed by atoms with Gasteiger partial charge in [-0.05, 0) is 30.9 Å². The van der Waals surface area contributed by atoms with Crippen LogP contribution in [-0.4, -0.2) is 12.5 Å². The molecule has 0 spiro atoms. The first-order valence-electron chi connectivity index (χ1n) is 5.10. The van der Waals surface area contributed by atoms with E-state index in [2.05, 4.69) is 5.48 Å². The van der Waals surface area contributed by atoms with Gasteiger partial charge in [0.05, 0.1) is 10.4 Å². The molecule has 1 heterocycles. The summed E-state index contributed by atoms with van der Waals surface area (Å²) in [5.74, 6) is -0.480. The number of nitrogens with two attached hydrogens (primary N) is 1. The molecule has 0 radical (unpaired) electrons. The zero-order valence-electron chi connectivity index (χ0n) is 8.66. The normalized spacial score (nSPS) is 19.4. The van der Waals surface area contributed by atoms with E-state index in [1.165, 1.54) is 10.4 Å². The van der Waals surface area contributed by atoms with Gasteiger partial charge in [-0.25, -0.2) is 0 Å². The Labute approximate surface area is 103 Å². The van der Waals surface area contributed by atoms with E-state index >= 15 is 0 Å². The lowest BCUT2D eigenvalue weighted by atomic mass is 9.95. The minimum atomic E-state index is -0.480. The molecule has 1 unspecified atom stereocenters. The number of aryl methyl sites for hydroxylation is 1. The summed E-state index contributed by atoms with van der Waals surface area (Å²) >= 11 is 7.59. The van der Waals surface area contributed by atoms with E-state index in [4.69, 9.17) is 22.2 Å². The van der Waals surface area contributed by atoms with Crippen LogP contribution in [0.2, 0.25) is 4.34 Å². The minimum Gasteiger partial charge on any atom is -0.368 e. The number of hydrogen-bond donors (Lipinski definition) is 2. The zero-order valence-corrected chi connectivity index (χ0v) is 10.2. The van der Waals surface area contributed by atoms with Crippen LogP contribution in [0.3, 0.4) is 0 Å². The van der Waals surface area contributed by atoms with Crippen LogP contribution in [0.4, 0.5) is 0 Å². The summed E-state index contributed by atoms with van der Waals surface area (Å²) in [7, 11) is 0. The van der Waals surface area contributed by atoms with Crippen LogP contribution in [0.5, 0.6) is 0 Å². The van der Waals surface area contributed by atoms with E-state index in [1.54, 1.807) is 11.3 Å². The maximum Gasteiger partial charge on any atom is 0.245 e. The molecule has 1 aromatic heterocycles. The number of hydroxylamine groups is 1. The third kappa shape index (κ3) is 2.74. The van der Waals surface area contributed by atoms with Crippen LogP contribution < -0.4 is 11.2 Å². The van der Waals surface area contributed by atoms with Crippen molar-refractivity contribution in [3.63, 3.8) is 0 Å². The lowest BCUT2D eigenvalue weighted by Crippen LogP contribution is -2.29. The van der Waals surface area contributed by atoms with Crippen LogP contribution in [0, 0.1) is 0 Å². The number of hydrogen-bond acceptors (Lipinski definition) is 4. The Kier molecular flexibility index (Phi) is 3.81. The predicted octanol–water partition coefficient (Wildman–Crippen LogP) is 1.79. The van der Waals surface area contributed by atoms with Crippen LogP contribution in [-0.2, 0) is 16.1 Å². The van der Waals surface area contributed by atoms with Gasteiger partial charge in [-0.2, -0.15) is 5.48 Å². The van der Waals surface area contributed by atoms with E-state index in [-0.39, 0.29) is 12.6 Å². The van der Waals surface area contributed by atoms with Gasteiger partial charge in [0, 0.05) is 4.88 Å². The predicted molar refractivity (Wildman–Crippen MR) is 63.3 cm³/mol. The molecule has 0 saturated heterocycles. The highest BCUT2D eigenvalue weighted by atomic mass is 35.5. The summed E-state index contributed by atoms with van der Waals surface area (Å²) in [5.41, 5.74) is 9.04. The topological polar surface area (TPSA) is 64.4 Å². The molecule has 0 aromatic carbocycles. The van der Waals surface area contributed by atoms with Crippen molar-refractivity contribution in [2.75, 3.05) is 6.61 Å². The molecule has 16 heavy (non-hydrogen) atoms. The molecule has 1 aliphatic carbocycles. The number of carbonyl (C=O) groups excluding carboxylic acids is 1. The SMILES string of the molecule is NC(=O)CONC1CCCc2sc(Cl)cc21. The maximum absolute atomic E-state index is 10.5. The van der Waals surface area contributed by atoms with Crippen molar-refractivity contribution in [1.82, 2.24) is 5.48 Å². The average Bonchev–Trinajstić information content (AvgIpc) is 2.58. The number of rotatable bonds is 4. The van der Waals surface area contributed by atoms with E-state index < -0.39 is 5.91 Å². The van der Waals surface area contributed by atoms with Crippen molar-refractivity contribution >= 4 is 28.8 Å². The van der Waals surface area contributed by atoms with Crippen molar-refractivity contribution in [2.45, 2.75) is 25.3 Å². The summed E-state index contributed by atoms with van der Waals surface area (Å²) < 4.78 is 0.800. The van der Waals surface area contributed by atoms with Crippen molar-refractivity contribution in [1.29, 1.82) is 0 Å². The van der Waals surface area contributed by atoms with Crippen LogP contribution in [0.25, 0.3) is 0 Å². The second-order valence-electron chi connectivity index (χ2n) is 3.75. The zero-order chi connectivity index (χ0) is 11.5. The molecule has 0 aliphatic heterocycles. The van der Waals surface area contributed by atoms with Crippen LogP contribution in [0.1, 0.15) is 29.3 Å².